The normalized spacial score (nSPS) is 23.0. The zero-order chi connectivity index (χ0) is 19.8. The van der Waals surface area contributed by atoms with Gasteiger partial charge in [-0.05, 0) is 36.1 Å². The van der Waals surface area contributed by atoms with E-state index in [1.54, 1.807) is 12.3 Å². The number of nitrogens with one attached hydrogen (secondary N) is 1. The second-order valence-corrected chi connectivity index (χ2v) is 8.01. The first-order chi connectivity index (χ1) is 14.2. The molecule has 0 radical (unpaired) electrons. The summed E-state index contributed by atoms with van der Waals surface area (Å²) >= 11 is 0. The van der Waals surface area contributed by atoms with E-state index in [-0.39, 0.29) is 5.91 Å². The Bertz CT molecular complexity index is 1030. The molecule has 0 aliphatic carbocycles. The number of hydrogen-bond acceptors (Lipinski definition) is 4. The molecule has 3 aliphatic rings. The molecule has 6 nitrogen and oxygen atoms in total. The minimum atomic E-state index is 0.0764. The van der Waals surface area contributed by atoms with Gasteiger partial charge in [-0.25, -0.2) is 9.56 Å². The van der Waals surface area contributed by atoms with Gasteiger partial charge in [0.2, 0.25) is 11.6 Å². The third-order valence-corrected chi connectivity index (χ3v) is 6.00. The molecule has 0 aromatic carbocycles. The van der Waals surface area contributed by atoms with Gasteiger partial charge >= 0.3 is 0 Å². The van der Waals surface area contributed by atoms with E-state index in [1.165, 1.54) is 11.3 Å². The van der Waals surface area contributed by atoms with Crippen LogP contribution >= 0.6 is 0 Å². The molecule has 5 rings (SSSR count). The van der Waals surface area contributed by atoms with Crippen LogP contribution in [0.2, 0.25) is 0 Å². The Morgan fingerprint density at radius 1 is 1.28 bits per heavy atom. The Labute approximate surface area is 170 Å². The van der Waals surface area contributed by atoms with Crippen molar-refractivity contribution in [2.75, 3.05) is 25.0 Å². The van der Waals surface area contributed by atoms with E-state index >= 15 is 0 Å². The zero-order valence-corrected chi connectivity index (χ0v) is 16.3. The van der Waals surface area contributed by atoms with Gasteiger partial charge in [0.25, 0.3) is 0 Å². The van der Waals surface area contributed by atoms with Crippen LogP contribution in [0.4, 0.5) is 11.5 Å². The molecule has 5 heterocycles. The molecule has 2 atom stereocenters. The first-order valence-corrected chi connectivity index (χ1v) is 10.1. The van der Waals surface area contributed by atoms with E-state index in [1.807, 2.05) is 35.5 Å². The summed E-state index contributed by atoms with van der Waals surface area (Å²) in [6.45, 7) is 6.50. The molecule has 0 spiro atoms. The fourth-order valence-electron chi connectivity index (χ4n) is 4.42. The number of carbonyl (C=O) groups excluding carboxylic acids is 1. The highest BCUT2D eigenvalue weighted by atomic mass is 16.2. The van der Waals surface area contributed by atoms with Crippen LogP contribution in [-0.2, 0) is 11.2 Å². The molecule has 2 aromatic rings. The van der Waals surface area contributed by atoms with Gasteiger partial charge in [0.05, 0.1) is 5.92 Å². The number of hydrogen-bond donors (Lipinski definition) is 1. The van der Waals surface area contributed by atoms with Crippen molar-refractivity contribution >= 4 is 29.7 Å². The summed E-state index contributed by atoms with van der Waals surface area (Å²) < 4.78 is 2.29. The number of aromatic nitrogens is 2. The van der Waals surface area contributed by atoms with E-state index in [9.17, 15) is 4.79 Å². The molecule has 146 valence electrons. The summed E-state index contributed by atoms with van der Waals surface area (Å²) in [4.78, 5) is 23.2. The van der Waals surface area contributed by atoms with E-state index < -0.39 is 0 Å². The summed E-state index contributed by atoms with van der Waals surface area (Å²) in [5, 5.41) is 3.22. The van der Waals surface area contributed by atoms with Crippen LogP contribution in [0, 0.1) is 11.8 Å². The second kappa shape index (κ2) is 7.28. The van der Waals surface area contributed by atoms with Gasteiger partial charge in [0.15, 0.2) is 12.8 Å². The van der Waals surface area contributed by atoms with Gasteiger partial charge in [-0.3, -0.25) is 9.78 Å². The summed E-state index contributed by atoms with van der Waals surface area (Å²) in [6.07, 6.45) is 13.1. The van der Waals surface area contributed by atoms with Crippen LogP contribution in [-0.4, -0.2) is 51.2 Å². The lowest BCUT2D eigenvalue weighted by atomic mass is 10.0. The van der Waals surface area contributed by atoms with Gasteiger partial charge < -0.3 is 10.2 Å². The number of amides is 1. The third-order valence-electron chi connectivity index (χ3n) is 6.00. The maximum atomic E-state index is 12.7. The maximum absolute atomic E-state index is 12.7. The molecule has 0 bridgehead atoms. The van der Waals surface area contributed by atoms with Crippen molar-refractivity contribution in [2.24, 2.45) is 11.8 Å². The summed E-state index contributed by atoms with van der Waals surface area (Å²) in [5.74, 6) is 1.87. The minimum Gasteiger partial charge on any atom is -0.344 e. The van der Waals surface area contributed by atoms with Crippen LogP contribution in [0.3, 0.4) is 0 Å². The molecule has 1 saturated heterocycles. The first-order valence-electron chi connectivity index (χ1n) is 10.1. The highest BCUT2D eigenvalue weighted by Gasteiger charge is 2.42. The fourth-order valence-corrected chi connectivity index (χ4v) is 4.42. The number of allylic oxidation sites excluding steroid dienone is 1. The van der Waals surface area contributed by atoms with Gasteiger partial charge in [-0.1, -0.05) is 6.58 Å². The molecule has 3 aliphatic heterocycles. The lowest BCUT2D eigenvalue weighted by Crippen LogP contribution is -2.29. The number of pyridine rings is 2. The smallest absolute Gasteiger partial charge is 0.246 e. The highest BCUT2D eigenvalue weighted by molar-refractivity contribution is 5.92. The highest BCUT2D eigenvalue weighted by Crippen LogP contribution is 2.30. The predicted molar refractivity (Wildman–Crippen MR) is 113 cm³/mol. The predicted octanol–water partition coefficient (Wildman–Crippen LogP) is 2.86. The molecule has 1 fully saturated rings. The molecular formula is C23H24N5O+. The van der Waals surface area contributed by atoms with Crippen LogP contribution in [0.15, 0.2) is 55.1 Å². The SMILES string of the molecule is C=C1CCc2cc(/C=C/C(=O)N3C[C@H]4C[N+](c5ccncc5)=C[C@H]4C3)cnc2N1. The van der Waals surface area contributed by atoms with Crippen LogP contribution in [0.25, 0.3) is 6.08 Å². The van der Waals surface area contributed by atoms with E-state index in [2.05, 4.69) is 38.7 Å². The quantitative estimate of drug-likeness (QED) is 0.651. The summed E-state index contributed by atoms with van der Waals surface area (Å²) in [6, 6.07) is 6.16. The van der Waals surface area contributed by atoms with Crippen LogP contribution in [0.1, 0.15) is 17.5 Å². The van der Waals surface area contributed by atoms with Crippen molar-refractivity contribution in [1.82, 2.24) is 14.9 Å². The lowest BCUT2D eigenvalue weighted by Gasteiger charge is -2.19. The summed E-state index contributed by atoms with van der Waals surface area (Å²) in [5.41, 5.74) is 4.31. The van der Waals surface area contributed by atoms with E-state index in [0.29, 0.717) is 11.8 Å². The number of fused-ring (bicyclic) bond motifs is 2. The molecule has 29 heavy (non-hydrogen) atoms. The Morgan fingerprint density at radius 3 is 2.97 bits per heavy atom. The fraction of sp³-hybridized carbons (Fsp3) is 0.304. The van der Waals surface area contributed by atoms with Gasteiger partial charge in [-0.15, -0.1) is 0 Å². The number of anilines is 1. The molecule has 2 aromatic heterocycles. The third kappa shape index (κ3) is 3.58. The van der Waals surface area contributed by atoms with Crippen LogP contribution < -0.4 is 5.32 Å². The molecular weight excluding hydrogens is 362 g/mol. The van der Waals surface area contributed by atoms with Crippen molar-refractivity contribution in [3.8, 4) is 0 Å². The Morgan fingerprint density at radius 2 is 2.14 bits per heavy atom. The monoisotopic (exact) mass is 386 g/mol. The molecule has 0 saturated carbocycles. The molecule has 1 N–H and O–H groups in total. The van der Waals surface area contributed by atoms with Crippen molar-refractivity contribution in [3.63, 3.8) is 0 Å². The van der Waals surface area contributed by atoms with Crippen molar-refractivity contribution in [3.05, 3.63) is 66.3 Å². The average Bonchev–Trinajstić information content (AvgIpc) is 3.32. The van der Waals surface area contributed by atoms with E-state index in [4.69, 9.17) is 0 Å². The Balaban J connectivity index is 1.23. The maximum Gasteiger partial charge on any atom is 0.246 e. The first kappa shape index (κ1) is 17.8. The minimum absolute atomic E-state index is 0.0764. The van der Waals surface area contributed by atoms with Crippen molar-refractivity contribution in [2.45, 2.75) is 12.8 Å². The second-order valence-electron chi connectivity index (χ2n) is 8.01. The summed E-state index contributed by atoms with van der Waals surface area (Å²) in [7, 11) is 0. The van der Waals surface area contributed by atoms with Gasteiger partial charge in [0, 0.05) is 61.5 Å². The number of likely N-dealkylation sites (tertiary alicyclic amines) is 1. The van der Waals surface area contributed by atoms with Crippen LogP contribution in [0.5, 0.6) is 0 Å². The topological polar surface area (TPSA) is 61.1 Å². The molecule has 0 unspecified atom stereocenters. The number of rotatable bonds is 3. The standard InChI is InChI=1S/C23H23N5O/c1-16-2-4-18-10-17(11-25-23(18)26-16)3-5-22(29)28-14-19-12-27(13-20(19)15-28)21-6-8-24-9-7-21/h3,5-12,19-20H,1-2,4,13-15H2/p+1/t19-,20+/m0/s1. The molecule has 6 heteroatoms. The average molecular weight is 386 g/mol. The number of carbonyl (C=O) groups is 1. The van der Waals surface area contributed by atoms with Gasteiger partial charge in [0.1, 0.15) is 5.82 Å². The Hall–Kier alpha value is -3.28. The van der Waals surface area contributed by atoms with E-state index in [0.717, 1.165) is 49.6 Å². The molecule has 1 amide bonds. The Kier molecular flexibility index (Phi) is 4.46. The number of nitrogens with zero attached hydrogens (tertiary/aromatic N) is 4. The van der Waals surface area contributed by atoms with Crippen molar-refractivity contribution in [1.29, 1.82) is 0 Å². The largest absolute Gasteiger partial charge is 0.344 e. The zero-order valence-electron chi connectivity index (χ0n) is 16.3. The van der Waals surface area contributed by atoms with Crippen molar-refractivity contribution < 1.29 is 9.37 Å². The van der Waals surface area contributed by atoms with Gasteiger partial charge in [-0.2, -0.15) is 0 Å². The lowest BCUT2D eigenvalue weighted by molar-refractivity contribution is -0.433. The number of aryl methyl sites for hydroxylation is 1.